The van der Waals surface area contributed by atoms with Crippen LogP contribution in [0.5, 0.6) is 0 Å². The number of rotatable bonds is 8. The molecule has 8 heteroatoms. The van der Waals surface area contributed by atoms with E-state index in [0.29, 0.717) is 29.0 Å². The molecule has 0 saturated heterocycles. The predicted molar refractivity (Wildman–Crippen MR) is 101 cm³/mol. The van der Waals surface area contributed by atoms with Gasteiger partial charge >= 0.3 is 0 Å². The third-order valence-electron chi connectivity index (χ3n) is 4.15. The van der Waals surface area contributed by atoms with Gasteiger partial charge in [-0.1, -0.05) is 18.2 Å². The fraction of sp³-hybridized carbons (Fsp3) is 0.263. The lowest BCUT2D eigenvalue weighted by molar-refractivity contribution is -0.138. The largest absolute Gasteiger partial charge is 0.270 e. The van der Waals surface area contributed by atoms with E-state index >= 15 is 0 Å². The second kappa shape index (κ2) is 8.79. The van der Waals surface area contributed by atoms with Gasteiger partial charge in [-0.05, 0) is 42.7 Å². The summed E-state index contributed by atoms with van der Waals surface area (Å²) in [6.45, 7) is 0.0872. The Morgan fingerprint density at radius 1 is 1.15 bits per heavy atom. The molecule has 2 aromatic rings. The van der Waals surface area contributed by atoms with E-state index in [0.717, 1.165) is 4.90 Å². The van der Waals surface area contributed by atoms with E-state index in [9.17, 15) is 14.4 Å². The van der Waals surface area contributed by atoms with Gasteiger partial charge in [-0.15, -0.1) is 0 Å². The van der Waals surface area contributed by atoms with Crippen LogP contribution in [0, 0.1) is 0 Å². The van der Waals surface area contributed by atoms with Crippen molar-refractivity contribution < 1.29 is 19.2 Å². The number of hydroxylamine groups is 1. The van der Waals surface area contributed by atoms with Gasteiger partial charge in [-0.2, -0.15) is 11.8 Å². The molecular weight excluding hydrogens is 366 g/mol. The van der Waals surface area contributed by atoms with Crippen molar-refractivity contribution in [2.24, 2.45) is 0 Å². The minimum Gasteiger partial charge on any atom is -0.270 e. The molecule has 0 fully saturated rings. The van der Waals surface area contributed by atoms with Crippen LogP contribution in [-0.4, -0.2) is 45.7 Å². The maximum Gasteiger partial charge on any atom is 0.266 e. The SMILES string of the molecule is CSCCC(C(=O)NOCc1ccccn1)N1C(=O)c2ccccc2C1=O. The molecule has 3 amide bonds. The Bertz CT molecular complexity index is 809. The van der Waals surface area contributed by atoms with Crippen LogP contribution in [0.15, 0.2) is 48.7 Å². The molecule has 1 aliphatic rings. The Labute approximate surface area is 161 Å². The third kappa shape index (κ3) is 4.17. The van der Waals surface area contributed by atoms with Gasteiger partial charge in [-0.25, -0.2) is 5.48 Å². The van der Waals surface area contributed by atoms with E-state index in [1.54, 1.807) is 42.6 Å². The number of benzene rings is 1. The molecule has 2 heterocycles. The van der Waals surface area contributed by atoms with Crippen molar-refractivity contribution in [1.29, 1.82) is 0 Å². The molecule has 0 radical (unpaired) electrons. The molecule has 1 N–H and O–H groups in total. The Morgan fingerprint density at radius 2 is 1.81 bits per heavy atom. The summed E-state index contributed by atoms with van der Waals surface area (Å²) in [7, 11) is 0. The zero-order valence-electron chi connectivity index (χ0n) is 14.8. The van der Waals surface area contributed by atoms with Crippen LogP contribution in [0.2, 0.25) is 0 Å². The number of nitrogens with zero attached hydrogens (tertiary/aromatic N) is 2. The quantitative estimate of drug-likeness (QED) is 0.553. The van der Waals surface area contributed by atoms with E-state index in [-0.39, 0.29) is 6.61 Å². The number of hydrogen-bond acceptors (Lipinski definition) is 6. The highest BCUT2D eigenvalue weighted by Crippen LogP contribution is 2.26. The highest BCUT2D eigenvalue weighted by atomic mass is 32.2. The van der Waals surface area contributed by atoms with Crippen LogP contribution in [-0.2, 0) is 16.2 Å². The van der Waals surface area contributed by atoms with Crippen molar-refractivity contribution in [2.45, 2.75) is 19.1 Å². The number of carbonyl (C=O) groups excluding carboxylic acids is 3. The molecule has 1 atom stereocenters. The van der Waals surface area contributed by atoms with Crippen molar-refractivity contribution >= 4 is 29.5 Å². The van der Waals surface area contributed by atoms with Gasteiger partial charge in [-0.3, -0.25) is 29.1 Å². The fourth-order valence-corrected chi connectivity index (χ4v) is 3.29. The van der Waals surface area contributed by atoms with Crippen molar-refractivity contribution in [3.05, 3.63) is 65.5 Å². The maximum atomic E-state index is 12.7. The third-order valence-corrected chi connectivity index (χ3v) is 4.80. The maximum absolute atomic E-state index is 12.7. The molecule has 0 bridgehead atoms. The number of pyridine rings is 1. The first-order valence-corrected chi connectivity index (χ1v) is 9.80. The number of nitrogens with one attached hydrogen (secondary N) is 1. The smallest absolute Gasteiger partial charge is 0.266 e. The molecule has 0 spiro atoms. The van der Waals surface area contributed by atoms with Gasteiger partial charge in [0.25, 0.3) is 17.7 Å². The first-order valence-electron chi connectivity index (χ1n) is 8.41. The van der Waals surface area contributed by atoms with Crippen LogP contribution in [0.1, 0.15) is 32.8 Å². The van der Waals surface area contributed by atoms with Crippen LogP contribution >= 0.6 is 11.8 Å². The molecule has 140 valence electrons. The summed E-state index contributed by atoms with van der Waals surface area (Å²) < 4.78 is 0. The number of thioether (sulfide) groups is 1. The van der Waals surface area contributed by atoms with Gasteiger partial charge < -0.3 is 0 Å². The Morgan fingerprint density at radius 3 is 2.41 bits per heavy atom. The first kappa shape index (κ1) is 19.1. The number of amides is 3. The van der Waals surface area contributed by atoms with Crippen molar-refractivity contribution in [3.8, 4) is 0 Å². The Kier molecular flexibility index (Phi) is 6.20. The normalized spacial score (nSPS) is 14.2. The van der Waals surface area contributed by atoms with Crippen molar-refractivity contribution in [1.82, 2.24) is 15.4 Å². The Balaban J connectivity index is 1.71. The summed E-state index contributed by atoms with van der Waals surface area (Å²) in [6, 6.07) is 11.0. The minimum absolute atomic E-state index is 0.0872. The number of aromatic nitrogens is 1. The highest BCUT2D eigenvalue weighted by Gasteiger charge is 2.42. The van der Waals surface area contributed by atoms with Gasteiger partial charge in [0.15, 0.2) is 0 Å². The molecule has 3 rings (SSSR count). The van der Waals surface area contributed by atoms with E-state index in [1.165, 1.54) is 11.8 Å². The van der Waals surface area contributed by atoms with E-state index in [2.05, 4.69) is 10.5 Å². The summed E-state index contributed by atoms with van der Waals surface area (Å²) in [4.78, 5) is 48.4. The molecule has 1 unspecified atom stereocenters. The summed E-state index contributed by atoms with van der Waals surface area (Å²) >= 11 is 1.53. The van der Waals surface area contributed by atoms with Crippen molar-refractivity contribution in [3.63, 3.8) is 0 Å². The number of carbonyl (C=O) groups is 3. The Hall–Kier alpha value is -2.71. The van der Waals surface area contributed by atoms with Crippen LogP contribution in [0.3, 0.4) is 0 Å². The number of imide groups is 1. The topological polar surface area (TPSA) is 88.6 Å². The summed E-state index contributed by atoms with van der Waals surface area (Å²) in [5, 5.41) is 0. The summed E-state index contributed by atoms with van der Waals surface area (Å²) in [5.74, 6) is -0.830. The molecule has 0 aliphatic carbocycles. The standard InChI is InChI=1S/C19H19N3O4S/c1-27-11-9-16(17(23)21-26-12-13-6-4-5-10-20-13)22-18(24)14-7-2-3-8-15(14)19(22)25/h2-8,10,16H,9,11-12H2,1H3,(H,21,23). The number of hydrogen-bond donors (Lipinski definition) is 1. The molecule has 0 saturated carbocycles. The molecule has 27 heavy (non-hydrogen) atoms. The second-order valence-corrected chi connectivity index (χ2v) is 6.88. The highest BCUT2D eigenvalue weighted by molar-refractivity contribution is 7.98. The predicted octanol–water partition coefficient (Wildman–Crippen LogP) is 2.05. The van der Waals surface area contributed by atoms with Gasteiger partial charge in [0.2, 0.25) is 0 Å². The molecule has 1 aromatic heterocycles. The van der Waals surface area contributed by atoms with E-state index in [4.69, 9.17) is 4.84 Å². The average Bonchev–Trinajstić information content (AvgIpc) is 2.95. The zero-order chi connectivity index (χ0) is 19.2. The van der Waals surface area contributed by atoms with Crippen LogP contribution in [0.4, 0.5) is 0 Å². The van der Waals surface area contributed by atoms with Crippen molar-refractivity contribution in [2.75, 3.05) is 12.0 Å². The lowest BCUT2D eigenvalue weighted by atomic mass is 10.1. The molecule has 7 nitrogen and oxygen atoms in total. The lowest BCUT2D eigenvalue weighted by Gasteiger charge is -2.24. The van der Waals surface area contributed by atoms with E-state index in [1.807, 2.05) is 12.3 Å². The van der Waals surface area contributed by atoms with Gasteiger partial charge in [0.05, 0.1) is 16.8 Å². The zero-order valence-corrected chi connectivity index (χ0v) is 15.6. The molecule has 1 aliphatic heterocycles. The van der Waals surface area contributed by atoms with Gasteiger partial charge in [0.1, 0.15) is 12.6 Å². The van der Waals surface area contributed by atoms with Gasteiger partial charge in [0, 0.05) is 6.20 Å². The monoisotopic (exact) mass is 385 g/mol. The number of fused-ring (bicyclic) bond motifs is 1. The lowest BCUT2D eigenvalue weighted by Crippen LogP contribution is -2.49. The second-order valence-electron chi connectivity index (χ2n) is 5.90. The summed E-state index contributed by atoms with van der Waals surface area (Å²) in [5.41, 5.74) is 3.64. The van der Waals surface area contributed by atoms with Crippen LogP contribution in [0.25, 0.3) is 0 Å². The van der Waals surface area contributed by atoms with Crippen LogP contribution < -0.4 is 5.48 Å². The summed E-state index contributed by atoms with van der Waals surface area (Å²) in [6.07, 6.45) is 3.86. The molecule has 1 aromatic carbocycles. The fourth-order valence-electron chi connectivity index (χ4n) is 2.83. The van der Waals surface area contributed by atoms with E-state index < -0.39 is 23.8 Å². The molecular formula is C19H19N3O4S. The minimum atomic E-state index is -0.936. The average molecular weight is 385 g/mol. The first-order chi connectivity index (χ1) is 13.1.